The molecule has 2 aliphatic heterocycles. The summed E-state index contributed by atoms with van der Waals surface area (Å²) in [7, 11) is 0. The maximum absolute atomic E-state index is 14.5. The van der Waals surface area contributed by atoms with E-state index in [1.165, 1.54) is 11.8 Å². The SMILES string of the molecule is Cc1cc(N2CCN(C(C)c3nc4c(cc3F)OCCO4)CC2)ccn1. The molecule has 138 valence electrons. The Kier molecular flexibility index (Phi) is 4.63. The number of hydrogen-bond acceptors (Lipinski definition) is 6. The highest BCUT2D eigenvalue weighted by molar-refractivity contribution is 5.47. The van der Waals surface area contributed by atoms with Gasteiger partial charge in [-0.05, 0) is 26.0 Å². The van der Waals surface area contributed by atoms with Crippen molar-refractivity contribution in [3.05, 3.63) is 41.6 Å². The second-order valence-electron chi connectivity index (χ2n) is 6.71. The van der Waals surface area contributed by atoms with Crippen molar-refractivity contribution in [1.82, 2.24) is 14.9 Å². The van der Waals surface area contributed by atoms with E-state index < -0.39 is 0 Å². The van der Waals surface area contributed by atoms with Gasteiger partial charge in [-0.3, -0.25) is 9.88 Å². The largest absolute Gasteiger partial charge is 0.484 e. The number of piperazine rings is 1. The number of ether oxygens (including phenoxy) is 2. The normalized spacial score (nSPS) is 18.7. The van der Waals surface area contributed by atoms with E-state index in [2.05, 4.69) is 25.8 Å². The van der Waals surface area contributed by atoms with E-state index in [9.17, 15) is 4.39 Å². The highest BCUT2D eigenvalue weighted by Crippen LogP contribution is 2.33. The summed E-state index contributed by atoms with van der Waals surface area (Å²) in [5.41, 5.74) is 2.62. The second-order valence-corrected chi connectivity index (χ2v) is 6.71. The monoisotopic (exact) mass is 358 g/mol. The molecule has 0 radical (unpaired) electrons. The van der Waals surface area contributed by atoms with E-state index in [0.717, 1.165) is 31.9 Å². The van der Waals surface area contributed by atoms with Crippen LogP contribution >= 0.6 is 0 Å². The minimum absolute atomic E-state index is 0.118. The zero-order valence-corrected chi connectivity index (χ0v) is 15.1. The van der Waals surface area contributed by atoms with Crippen LogP contribution in [0.4, 0.5) is 10.1 Å². The van der Waals surface area contributed by atoms with Crippen LogP contribution in [-0.4, -0.2) is 54.3 Å². The number of aromatic nitrogens is 2. The minimum Gasteiger partial charge on any atom is -0.484 e. The molecule has 1 atom stereocenters. The Hall–Kier alpha value is -2.41. The Morgan fingerprint density at radius 1 is 1.12 bits per heavy atom. The number of anilines is 1. The molecule has 0 spiro atoms. The lowest BCUT2D eigenvalue weighted by atomic mass is 10.1. The maximum atomic E-state index is 14.5. The topological polar surface area (TPSA) is 50.7 Å². The minimum atomic E-state index is -0.339. The smallest absolute Gasteiger partial charge is 0.257 e. The van der Waals surface area contributed by atoms with Crippen LogP contribution in [0.3, 0.4) is 0 Å². The lowest BCUT2D eigenvalue weighted by molar-refractivity contribution is 0.157. The van der Waals surface area contributed by atoms with Gasteiger partial charge >= 0.3 is 0 Å². The van der Waals surface area contributed by atoms with Gasteiger partial charge in [-0.15, -0.1) is 0 Å². The lowest BCUT2D eigenvalue weighted by Crippen LogP contribution is -2.47. The van der Waals surface area contributed by atoms with Crippen molar-refractivity contribution in [3.8, 4) is 11.6 Å². The van der Waals surface area contributed by atoms with Gasteiger partial charge in [0.05, 0.1) is 11.7 Å². The van der Waals surface area contributed by atoms with Crippen LogP contribution in [0, 0.1) is 12.7 Å². The molecule has 0 aromatic carbocycles. The molecule has 2 aliphatic rings. The zero-order chi connectivity index (χ0) is 18.1. The van der Waals surface area contributed by atoms with Gasteiger partial charge in [0.1, 0.15) is 19.0 Å². The summed E-state index contributed by atoms with van der Waals surface area (Å²) in [5.74, 6) is 0.446. The van der Waals surface area contributed by atoms with Crippen LogP contribution in [0.2, 0.25) is 0 Å². The average molecular weight is 358 g/mol. The summed E-state index contributed by atoms with van der Waals surface area (Å²) in [6, 6.07) is 5.41. The third-order valence-electron chi connectivity index (χ3n) is 5.02. The van der Waals surface area contributed by atoms with Crippen molar-refractivity contribution in [1.29, 1.82) is 0 Å². The molecule has 4 rings (SSSR count). The van der Waals surface area contributed by atoms with Crippen LogP contribution in [0.15, 0.2) is 24.4 Å². The third-order valence-corrected chi connectivity index (χ3v) is 5.02. The summed E-state index contributed by atoms with van der Waals surface area (Å²) in [5, 5.41) is 0. The quantitative estimate of drug-likeness (QED) is 0.841. The lowest BCUT2D eigenvalue weighted by Gasteiger charge is -2.39. The highest BCUT2D eigenvalue weighted by Gasteiger charge is 2.27. The van der Waals surface area contributed by atoms with Crippen molar-refractivity contribution >= 4 is 5.69 Å². The Bertz CT molecular complexity index is 793. The van der Waals surface area contributed by atoms with Crippen molar-refractivity contribution in [2.45, 2.75) is 19.9 Å². The maximum Gasteiger partial charge on any atom is 0.257 e. The van der Waals surface area contributed by atoms with E-state index in [1.807, 2.05) is 26.1 Å². The molecule has 4 heterocycles. The standard InChI is InChI=1S/C19H23FN4O2/c1-13-11-15(3-4-21-13)24-7-5-23(6-8-24)14(2)18-16(20)12-17-19(22-18)26-10-9-25-17/h3-4,11-12,14H,5-10H2,1-2H3. The molecular weight excluding hydrogens is 335 g/mol. The fourth-order valence-electron chi connectivity index (χ4n) is 3.53. The molecule has 26 heavy (non-hydrogen) atoms. The van der Waals surface area contributed by atoms with Gasteiger partial charge in [0.15, 0.2) is 5.75 Å². The van der Waals surface area contributed by atoms with E-state index in [-0.39, 0.29) is 11.9 Å². The summed E-state index contributed by atoms with van der Waals surface area (Å²) in [6.45, 7) is 8.34. The van der Waals surface area contributed by atoms with Gasteiger partial charge in [-0.25, -0.2) is 9.37 Å². The number of rotatable bonds is 3. The molecule has 2 aromatic heterocycles. The first-order chi connectivity index (χ1) is 12.6. The van der Waals surface area contributed by atoms with Gasteiger partial charge in [0, 0.05) is 49.8 Å². The van der Waals surface area contributed by atoms with E-state index in [1.54, 1.807) is 0 Å². The molecule has 7 heteroatoms. The predicted molar refractivity (Wildman–Crippen MR) is 96.4 cm³/mol. The molecule has 0 aliphatic carbocycles. The first-order valence-electron chi connectivity index (χ1n) is 8.99. The Labute approximate surface area is 152 Å². The van der Waals surface area contributed by atoms with Crippen LogP contribution in [0.1, 0.15) is 24.4 Å². The second kappa shape index (κ2) is 7.07. The molecule has 1 saturated heterocycles. The molecule has 1 fully saturated rings. The average Bonchev–Trinajstić information content (AvgIpc) is 2.67. The van der Waals surface area contributed by atoms with Crippen LogP contribution in [0.25, 0.3) is 0 Å². The molecule has 0 saturated carbocycles. The summed E-state index contributed by atoms with van der Waals surface area (Å²) in [6.07, 6.45) is 1.84. The number of aryl methyl sites for hydroxylation is 1. The van der Waals surface area contributed by atoms with Gasteiger partial charge in [0.25, 0.3) is 5.88 Å². The van der Waals surface area contributed by atoms with Crippen LogP contribution < -0.4 is 14.4 Å². The fourth-order valence-corrected chi connectivity index (χ4v) is 3.53. The van der Waals surface area contributed by atoms with Gasteiger partial charge in [0.2, 0.25) is 0 Å². The zero-order valence-electron chi connectivity index (χ0n) is 15.1. The Morgan fingerprint density at radius 3 is 2.65 bits per heavy atom. The molecule has 0 amide bonds. The first-order valence-corrected chi connectivity index (χ1v) is 8.99. The molecular formula is C19H23FN4O2. The fraction of sp³-hybridized carbons (Fsp3) is 0.474. The first kappa shape index (κ1) is 17.0. The number of halogens is 1. The van der Waals surface area contributed by atoms with E-state index in [0.29, 0.717) is 30.5 Å². The summed E-state index contributed by atoms with van der Waals surface area (Å²) >= 11 is 0. The van der Waals surface area contributed by atoms with E-state index in [4.69, 9.17) is 9.47 Å². The Morgan fingerprint density at radius 2 is 1.88 bits per heavy atom. The molecule has 6 nitrogen and oxygen atoms in total. The van der Waals surface area contributed by atoms with Gasteiger partial charge in [-0.2, -0.15) is 0 Å². The number of pyridine rings is 2. The van der Waals surface area contributed by atoms with Crippen LogP contribution in [0.5, 0.6) is 11.6 Å². The van der Waals surface area contributed by atoms with Crippen molar-refractivity contribution < 1.29 is 13.9 Å². The summed E-state index contributed by atoms with van der Waals surface area (Å²) < 4.78 is 25.4. The molecule has 0 N–H and O–H groups in total. The molecule has 0 bridgehead atoms. The predicted octanol–water partition coefficient (Wildman–Crippen LogP) is 2.58. The number of hydrogen-bond donors (Lipinski definition) is 0. The summed E-state index contributed by atoms with van der Waals surface area (Å²) in [4.78, 5) is 13.2. The molecule has 1 unspecified atom stereocenters. The van der Waals surface area contributed by atoms with E-state index >= 15 is 0 Å². The van der Waals surface area contributed by atoms with Gasteiger partial charge in [-0.1, -0.05) is 0 Å². The third kappa shape index (κ3) is 3.31. The highest BCUT2D eigenvalue weighted by atomic mass is 19.1. The van der Waals surface area contributed by atoms with Crippen molar-refractivity contribution in [2.75, 3.05) is 44.3 Å². The number of nitrogens with zero attached hydrogens (tertiary/aromatic N) is 4. The molecule has 2 aromatic rings. The van der Waals surface area contributed by atoms with Crippen molar-refractivity contribution in [3.63, 3.8) is 0 Å². The van der Waals surface area contributed by atoms with Crippen molar-refractivity contribution in [2.24, 2.45) is 0 Å². The number of fused-ring (bicyclic) bond motifs is 1. The van der Waals surface area contributed by atoms with Crippen LogP contribution in [-0.2, 0) is 0 Å². The van der Waals surface area contributed by atoms with Gasteiger partial charge < -0.3 is 14.4 Å². The Balaban J connectivity index is 1.46.